The van der Waals surface area contributed by atoms with Crippen molar-refractivity contribution < 1.29 is 32.6 Å². The second kappa shape index (κ2) is 10.4. The number of carbonyl (C=O) groups excluding carboxylic acids is 2. The lowest BCUT2D eigenvalue weighted by molar-refractivity contribution is -0.140. The zero-order valence-corrected chi connectivity index (χ0v) is 21.5. The van der Waals surface area contributed by atoms with Crippen LogP contribution in [0.2, 0.25) is 0 Å². The molecule has 1 N–H and O–H groups in total. The topological polar surface area (TPSA) is 66.8 Å². The Morgan fingerprint density at radius 2 is 1.71 bits per heavy atom. The van der Waals surface area contributed by atoms with E-state index in [1.807, 2.05) is 13.8 Å². The minimum absolute atomic E-state index is 0.0466. The fourth-order valence-electron chi connectivity index (χ4n) is 4.79. The molecule has 1 atom stereocenters. The second-order valence-corrected chi connectivity index (χ2v) is 9.60. The van der Waals surface area contributed by atoms with E-state index in [1.165, 1.54) is 17.0 Å². The SMILES string of the molecule is COc1cc(C)c(/C(O)=C2\C(=O)C(=O)N(Cc3cccc(C(F)(F)F)c3)C2c2ccccc2)cc1C(C)C. The van der Waals surface area contributed by atoms with Gasteiger partial charge in [-0.2, -0.15) is 13.2 Å². The predicted molar refractivity (Wildman–Crippen MR) is 138 cm³/mol. The Bertz CT molecular complexity index is 1410. The quantitative estimate of drug-likeness (QED) is 0.220. The number of nitrogens with zero attached hydrogens (tertiary/aromatic N) is 1. The van der Waals surface area contributed by atoms with Gasteiger partial charge >= 0.3 is 6.18 Å². The lowest BCUT2D eigenvalue weighted by Gasteiger charge is -2.26. The molecule has 0 aromatic heterocycles. The highest BCUT2D eigenvalue weighted by Crippen LogP contribution is 2.42. The van der Waals surface area contributed by atoms with Crippen LogP contribution in [0.15, 0.2) is 72.3 Å². The van der Waals surface area contributed by atoms with Gasteiger partial charge in [0.25, 0.3) is 11.7 Å². The number of amides is 1. The van der Waals surface area contributed by atoms with Crippen LogP contribution in [0.25, 0.3) is 5.76 Å². The van der Waals surface area contributed by atoms with Gasteiger partial charge in [-0.05, 0) is 59.4 Å². The third-order valence-corrected chi connectivity index (χ3v) is 6.72. The summed E-state index contributed by atoms with van der Waals surface area (Å²) >= 11 is 0. The summed E-state index contributed by atoms with van der Waals surface area (Å²) in [5.74, 6) is -1.45. The number of benzene rings is 3. The maximum absolute atomic E-state index is 13.4. The molecular weight excluding hydrogens is 495 g/mol. The van der Waals surface area contributed by atoms with Gasteiger partial charge in [-0.15, -0.1) is 0 Å². The number of aryl methyl sites for hydroxylation is 1. The smallest absolute Gasteiger partial charge is 0.416 e. The van der Waals surface area contributed by atoms with Crippen molar-refractivity contribution in [3.63, 3.8) is 0 Å². The first kappa shape index (κ1) is 27.0. The lowest BCUT2D eigenvalue weighted by atomic mass is 9.91. The van der Waals surface area contributed by atoms with Crippen molar-refractivity contribution in [3.05, 3.63) is 106 Å². The number of aliphatic hydroxyl groups excluding tert-OH is 1. The number of ether oxygens (including phenoxy) is 1. The summed E-state index contributed by atoms with van der Waals surface area (Å²) in [6.07, 6.45) is -4.55. The Morgan fingerprint density at radius 1 is 1.03 bits per heavy atom. The number of methoxy groups -OCH3 is 1. The van der Waals surface area contributed by atoms with Gasteiger partial charge in [0.1, 0.15) is 11.5 Å². The van der Waals surface area contributed by atoms with Gasteiger partial charge in [0, 0.05) is 12.1 Å². The second-order valence-electron chi connectivity index (χ2n) is 9.60. The molecule has 1 aliphatic heterocycles. The van der Waals surface area contributed by atoms with Crippen molar-refractivity contribution in [3.8, 4) is 5.75 Å². The summed E-state index contributed by atoms with van der Waals surface area (Å²) in [5.41, 5.74) is 1.64. The molecule has 8 heteroatoms. The van der Waals surface area contributed by atoms with E-state index in [0.717, 1.165) is 17.7 Å². The average Bonchev–Trinajstić information content (AvgIpc) is 3.13. The molecule has 1 heterocycles. The van der Waals surface area contributed by atoms with Crippen molar-refractivity contribution >= 4 is 17.4 Å². The summed E-state index contributed by atoms with van der Waals surface area (Å²) in [5, 5.41) is 11.5. The molecule has 1 saturated heterocycles. The van der Waals surface area contributed by atoms with Crippen LogP contribution < -0.4 is 4.74 Å². The van der Waals surface area contributed by atoms with Gasteiger partial charge in [0.2, 0.25) is 0 Å². The molecule has 38 heavy (non-hydrogen) atoms. The monoisotopic (exact) mass is 523 g/mol. The molecule has 198 valence electrons. The maximum Gasteiger partial charge on any atom is 0.416 e. The van der Waals surface area contributed by atoms with E-state index in [9.17, 15) is 27.9 Å². The molecule has 0 saturated carbocycles. The number of rotatable bonds is 6. The molecule has 5 nitrogen and oxygen atoms in total. The summed E-state index contributed by atoms with van der Waals surface area (Å²) in [4.78, 5) is 27.9. The highest BCUT2D eigenvalue weighted by Gasteiger charge is 2.46. The van der Waals surface area contributed by atoms with Crippen LogP contribution >= 0.6 is 0 Å². The number of hydrogen-bond donors (Lipinski definition) is 1. The normalized spacial score (nSPS) is 17.4. The van der Waals surface area contributed by atoms with Crippen LogP contribution in [0.5, 0.6) is 5.75 Å². The molecule has 0 aliphatic carbocycles. The van der Waals surface area contributed by atoms with Crippen molar-refractivity contribution in [2.24, 2.45) is 0 Å². The molecule has 0 radical (unpaired) electrons. The predicted octanol–water partition coefficient (Wildman–Crippen LogP) is 6.77. The van der Waals surface area contributed by atoms with Gasteiger partial charge in [0.15, 0.2) is 0 Å². The molecular formula is C30H28F3NO4. The van der Waals surface area contributed by atoms with Gasteiger partial charge in [0.05, 0.1) is 24.3 Å². The standard InChI is InChI=1S/C30H28F3NO4/c1-17(2)22-15-23(18(3)13-24(22)38-4)27(35)25-26(20-10-6-5-7-11-20)34(29(37)28(25)36)16-19-9-8-12-21(14-19)30(31,32)33/h5-15,17,26,35H,16H2,1-4H3/b27-25+. The fourth-order valence-corrected chi connectivity index (χ4v) is 4.79. The molecule has 3 aromatic carbocycles. The van der Waals surface area contributed by atoms with Crippen LogP contribution in [0.3, 0.4) is 0 Å². The molecule has 0 bridgehead atoms. The number of alkyl halides is 3. The Morgan fingerprint density at radius 3 is 2.32 bits per heavy atom. The average molecular weight is 524 g/mol. The van der Waals surface area contributed by atoms with Crippen molar-refractivity contribution in [2.75, 3.05) is 7.11 Å². The zero-order chi connectivity index (χ0) is 27.8. The number of aliphatic hydroxyl groups is 1. The van der Waals surface area contributed by atoms with Crippen molar-refractivity contribution in [1.29, 1.82) is 0 Å². The van der Waals surface area contributed by atoms with Crippen LogP contribution in [0.1, 0.15) is 59.2 Å². The van der Waals surface area contributed by atoms with E-state index in [1.54, 1.807) is 56.5 Å². The first-order valence-corrected chi connectivity index (χ1v) is 12.1. The van der Waals surface area contributed by atoms with Crippen LogP contribution in [0.4, 0.5) is 13.2 Å². The van der Waals surface area contributed by atoms with Gasteiger partial charge in [-0.3, -0.25) is 9.59 Å². The molecule has 1 aliphatic rings. The maximum atomic E-state index is 13.4. The minimum atomic E-state index is -4.55. The first-order chi connectivity index (χ1) is 17.9. The summed E-state index contributed by atoms with van der Waals surface area (Å²) < 4.78 is 45.4. The van der Waals surface area contributed by atoms with E-state index in [0.29, 0.717) is 22.4 Å². The Hall–Kier alpha value is -4.07. The highest BCUT2D eigenvalue weighted by molar-refractivity contribution is 6.46. The summed E-state index contributed by atoms with van der Waals surface area (Å²) in [7, 11) is 1.55. The highest BCUT2D eigenvalue weighted by atomic mass is 19.4. The summed E-state index contributed by atoms with van der Waals surface area (Å²) in [6, 6.07) is 15.8. The van der Waals surface area contributed by atoms with E-state index < -0.39 is 29.5 Å². The summed E-state index contributed by atoms with van der Waals surface area (Å²) in [6.45, 7) is 5.45. The molecule has 1 fully saturated rings. The zero-order valence-electron chi connectivity index (χ0n) is 21.5. The number of hydrogen-bond acceptors (Lipinski definition) is 4. The number of carbonyl (C=O) groups is 2. The number of halogens is 3. The van der Waals surface area contributed by atoms with Crippen LogP contribution in [-0.2, 0) is 22.3 Å². The van der Waals surface area contributed by atoms with E-state index >= 15 is 0 Å². The van der Waals surface area contributed by atoms with E-state index in [-0.39, 0.29) is 29.4 Å². The minimum Gasteiger partial charge on any atom is -0.507 e. The molecule has 3 aromatic rings. The fraction of sp³-hybridized carbons (Fsp3) is 0.267. The Balaban J connectivity index is 1.88. The van der Waals surface area contributed by atoms with Crippen LogP contribution in [-0.4, -0.2) is 28.8 Å². The van der Waals surface area contributed by atoms with Crippen molar-refractivity contribution in [2.45, 2.75) is 45.5 Å². The van der Waals surface area contributed by atoms with Crippen molar-refractivity contribution in [1.82, 2.24) is 4.90 Å². The molecule has 1 unspecified atom stereocenters. The lowest BCUT2D eigenvalue weighted by Crippen LogP contribution is -2.29. The van der Waals surface area contributed by atoms with Crippen LogP contribution in [0, 0.1) is 6.92 Å². The van der Waals surface area contributed by atoms with Gasteiger partial charge in [-0.1, -0.05) is 56.3 Å². The first-order valence-electron chi connectivity index (χ1n) is 12.1. The molecule has 4 rings (SSSR count). The van der Waals surface area contributed by atoms with Gasteiger partial charge < -0.3 is 14.7 Å². The number of likely N-dealkylation sites (tertiary alicyclic amines) is 1. The van der Waals surface area contributed by atoms with Gasteiger partial charge in [-0.25, -0.2) is 0 Å². The Kier molecular flexibility index (Phi) is 7.35. The Labute approximate surface area is 219 Å². The van der Waals surface area contributed by atoms with E-state index in [2.05, 4.69) is 0 Å². The largest absolute Gasteiger partial charge is 0.507 e. The number of Topliss-reactive ketones (excluding diaryl/α,β-unsaturated/α-hetero) is 1. The van der Waals surface area contributed by atoms with E-state index in [4.69, 9.17) is 4.74 Å². The molecule has 0 spiro atoms. The molecule has 1 amide bonds. The third-order valence-electron chi connectivity index (χ3n) is 6.72. The third kappa shape index (κ3) is 5.03. The number of ketones is 1.